The molecule has 6 nitrogen and oxygen atoms in total. The number of rotatable bonds is 6. The Kier molecular flexibility index (Phi) is 5.85. The van der Waals surface area contributed by atoms with Crippen LogP contribution in [0.15, 0.2) is 58.5 Å². The number of nitrogens with zero attached hydrogens (tertiary/aromatic N) is 1. The fourth-order valence-corrected chi connectivity index (χ4v) is 4.30. The lowest BCUT2D eigenvalue weighted by atomic mass is 9.87. The largest absolute Gasteiger partial charge is 0.494 e. The number of fused-ring (bicyclic) bond motifs is 1. The van der Waals surface area contributed by atoms with Crippen molar-refractivity contribution in [1.82, 2.24) is 9.97 Å². The van der Waals surface area contributed by atoms with Gasteiger partial charge in [0.05, 0.1) is 12.2 Å². The maximum absolute atomic E-state index is 13.8. The van der Waals surface area contributed by atoms with Crippen LogP contribution < -0.4 is 15.6 Å². The smallest absolute Gasteiger partial charge is 0.257 e. The van der Waals surface area contributed by atoms with Gasteiger partial charge in [-0.1, -0.05) is 42.1 Å². The maximum Gasteiger partial charge on any atom is 0.257 e. The summed E-state index contributed by atoms with van der Waals surface area (Å²) in [7, 11) is 0. The Labute approximate surface area is 176 Å². The number of thioether (sulfide) groups is 1. The summed E-state index contributed by atoms with van der Waals surface area (Å²) in [6.07, 6.45) is 0.148. The van der Waals surface area contributed by atoms with Crippen LogP contribution in [0, 0.1) is 5.82 Å². The average Bonchev–Trinajstić information content (AvgIpc) is 2.73. The molecule has 8 heteroatoms. The lowest BCUT2D eigenvalue weighted by molar-refractivity contribution is -0.116. The third-order valence-electron chi connectivity index (χ3n) is 4.82. The van der Waals surface area contributed by atoms with Gasteiger partial charge in [0.2, 0.25) is 5.91 Å². The maximum atomic E-state index is 13.8. The molecule has 0 aliphatic carbocycles. The van der Waals surface area contributed by atoms with Crippen LogP contribution >= 0.6 is 11.8 Å². The van der Waals surface area contributed by atoms with E-state index in [1.54, 1.807) is 18.2 Å². The van der Waals surface area contributed by atoms with Gasteiger partial charge in [0.25, 0.3) is 5.56 Å². The van der Waals surface area contributed by atoms with Crippen molar-refractivity contribution in [3.05, 3.63) is 81.4 Å². The highest BCUT2D eigenvalue weighted by Gasteiger charge is 2.31. The zero-order valence-electron chi connectivity index (χ0n) is 16.3. The van der Waals surface area contributed by atoms with E-state index in [1.807, 2.05) is 31.2 Å². The summed E-state index contributed by atoms with van der Waals surface area (Å²) in [4.78, 5) is 32.4. The highest BCUT2D eigenvalue weighted by atomic mass is 32.2. The van der Waals surface area contributed by atoms with E-state index < -0.39 is 5.92 Å². The van der Waals surface area contributed by atoms with Gasteiger partial charge in [-0.05, 0) is 36.2 Å². The minimum Gasteiger partial charge on any atom is -0.494 e. The highest BCUT2D eigenvalue weighted by Crippen LogP contribution is 2.35. The molecule has 30 heavy (non-hydrogen) atoms. The second-order valence-electron chi connectivity index (χ2n) is 6.82. The van der Waals surface area contributed by atoms with Crippen molar-refractivity contribution in [1.29, 1.82) is 0 Å². The number of carbonyl (C=O) groups excluding carboxylic acids is 1. The number of hydrogen-bond donors (Lipinski definition) is 2. The number of halogens is 1. The molecule has 0 saturated heterocycles. The molecule has 2 aromatic carbocycles. The molecule has 0 unspecified atom stereocenters. The van der Waals surface area contributed by atoms with E-state index in [0.29, 0.717) is 34.4 Å². The standard InChI is InChI=1S/C22H20FN3O3S/c1-2-29-15-8-5-7-13(10-15)16-11-18(27)24-20-19(16)21(28)26-22(25-20)30-12-14-6-3-4-9-17(14)23/h3-10,16H,2,11-12H2,1H3,(H2,24,25,26,27,28)/t16-/m1/s1. The number of anilines is 1. The van der Waals surface area contributed by atoms with Crippen molar-refractivity contribution in [3.63, 3.8) is 0 Å². The van der Waals surface area contributed by atoms with Crippen LogP contribution in [0.4, 0.5) is 10.2 Å². The number of ether oxygens (including phenoxy) is 1. The van der Waals surface area contributed by atoms with Gasteiger partial charge in [-0.2, -0.15) is 0 Å². The fraction of sp³-hybridized carbons (Fsp3) is 0.227. The van der Waals surface area contributed by atoms with Crippen LogP contribution in [0.1, 0.15) is 36.0 Å². The molecule has 1 atom stereocenters. The average molecular weight is 425 g/mol. The van der Waals surface area contributed by atoms with E-state index in [2.05, 4.69) is 15.3 Å². The van der Waals surface area contributed by atoms with Crippen molar-refractivity contribution >= 4 is 23.5 Å². The first kappa shape index (κ1) is 20.2. The number of benzene rings is 2. The first-order valence-corrected chi connectivity index (χ1v) is 10.6. The Morgan fingerprint density at radius 1 is 1.20 bits per heavy atom. The van der Waals surface area contributed by atoms with Gasteiger partial charge < -0.3 is 15.0 Å². The van der Waals surface area contributed by atoms with Crippen LogP contribution in [0.5, 0.6) is 5.75 Å². The zero-order valence-corrected chi connectivity index (χ0v) is 17.1. The van der Waals surface area contributed by atoms with Crippen LogP contribution in [0.25, 0.3) is 0 Å². The van der Waals surface area contributed by atoms with Crippen molar-refractivity contribution in [2.24, 2.45) is 0 Å². The number of carbonyl (C=O) groups is 1. The third-order valence-corrected chi connectivity index (χ3v) is 5.75. The van der Waals surface area contributed by atoms with Crippen molar-refractivity contribution in [2.75, 3.05) is 11.9 Å². The Hall–Kier alpha value is -3.13. The van der Waals surface area contributed by atoms with E-state index in [0.717, 1.165) is 5.56 Å². The van der Waals surface area contributed by atoms with Gasteiger partial charge in [0.15, 0.2) is 5.16 Å². The van der Waals surface area contributed by atoms with Crippen molar-refractivity contribution < 1.29 is 13.9 Å². The Morgan fingerprint density at radius 3 is 2.83 bits per heavy atom. The second kappa shape index (κ2) is 8.71. The molecule has 2 N–H and O–H groups in total. The van der Waals surface area contributed by atoms with Gasteiger partial charge in [-0.3, -0.25) is 9.59 Å². The summed E-state index contributed by atoms with van der Waals surface area (Å²) < 4.78 is 19.4. The van der Waals surface area contributed by atoms with Crippen molar-refractivity contribution in [3.8, 4) is 5.75 Å². The van der Waals surface area contributed by atoms with Crippen molar-refractivity contribution in [2.45, 2.75) is 30.2 Å². The summed E-state index contributed by atoms with van der Waals surface area (Å²) in [6.45, 7) is 2.42. The summed E-state index contributed by atoms with van der Waals surface area (Å²) in [5.74, 6) is 0.297. The number of amides is 1. The Morgan fingerprint density at radius 2 is 2.03 bits per heavy atom. The molecule has 0 saturated carbocycles. The van der Waals surface area contributed by atoms with E-state index in [4.69, 9.17) is 4.74 Å². The molecule has 1 aromatic heterocycles. The van der Waals surface area contributed by atoms with E-state index in [1.165, 1.54) is 17.8 Å². The van der Waals surface area contributed by atoms with E-state index in [9.17, 15) is 14.0 Å². The van der Waals surface area contributed by atoms with Gasteiger partial charge in [-0.25, -0.2) is 9.37 Å². The Bertz CT molecular complexity index is 1150. The fourth-order valence-electron chi connectivity index (χ4n) is 3.45. The second-order valence-corrected chi connectivity index (χ2v) is 7.79. The van der Waals surface area contributed by atoms with Crippen LogP contribution in [0.3, 0.4) is 0 Å². The Balaban J connectivity index is 1.65. The van der Waals surface area contributed by atoms with Gasteiger partial charge >= 0.3 is 0 Å². The summed E-state index contributed by atoms with van der Waals surface area (Å²) in [6, 6.07) is 13.8. The molecule has 0 radical (unpaired) electrons. The summed E-state index contributed by atoms with van der Waals surface area (Å²) in [5.41, 5.74) is 1.43. The lowest BCUT2D eigenvalue weighted by Crippen LogP contribution is -2.31. The minimum atomic E-state index is -0.420. The zero-order chi connectivity index (χ0) is 21.1. The molecule has 0 spiro atoms. The molecule has 154 valence electrons. The van der Waals surface area contributed by atoms with Crippen LogP contribution in [0.2, 0.25) is 0 Å². The van der Waals surface area contributed by atoms with Gasteiger partial charge in [0.1, 0.15) is 17.4 Å². The topological polar surface area (TPSA) is 84.1 Å². The van der Waals surface area contributed by atoms with E-state index >= 15 is 0 Å². The number of aromatic amines is 1. The molecule has 3 aromatic rings. The van der Waals surface area contributed by atoms with Gasteiger partial charge in [0, 0.05) is 18.1 Å². The molecule has 1 aliphatic heterocycles. The predicted molar refractivity (Wildman–Crippen MR) is 114 cm³/mol. The summed E-state index contributed by atoms with van der Waals surface area (Å²) >= 11 is 1.20. The minimum absolute atomic E-state index is 0.148. The molecule has 4 rings (SSSR count). The molecule has 1 amide bonds. The number of hydrogen-bond acceptors (Lipinski definition) is 5. The van der Waals surface area contributed by atoms with Crippen LogP contribution in [-0.4, -0.2) is 22.5 Å². The molecule has 1 aliphatic rings. The van der Waals surface area contributed by atoms with Crippen LogP contribution in [-0.2, 0) is 10.5 Å². The SMILES string of the molecule is CCOc1cccc([C@H]2CC(=O)Nc3nc(SCc4ccccc4F)[nH]c(=O)c32)c1. The predicted octanol–water partition coefficient (Wildman–Crippen LogP) is 4.07. The lowest BCUT2D eigenvalue weighted by Gasteiger charge is -2.24. The number of nitrogens with one attached hydrogen (secondary N) is 2. The quantitative estimate of drug-likeness (QED) is 0.459. The van der Waals surface area contributed by atoms with Gasteiger partial charge in [-0.15, -0.1) is 0 Å². The molecule has 0 fully saturated rings. The first-order chi connectivity index (χ1) is 14.5. The number of aromatic nitrogens is 2. The van der Waals surface area contributed by atoms with E-state index in [-0.39, 0.29) is 29.5 Å². The summed E-state index contributed by atoms with van der Waals surface area (Å²) in [5, 5.41) is 3.03. The monoisotopic (exact) mass is 425 g/mol. The molecule has 0 bridgehead atoms. The highest BCUT2D eigenvalue weighted by molar-refractivity contribution is 7.98. The molecular formula is C22H20FN3O3S. The third kappa shape index (κ3) is 4.23. The molecule has 2 heterocycles. The number of H-pyrrole nitrogens is 1. The first-order valence-electron chi connectivity index (χ1n) is 9.58. The normalized spacial score (nSPS) is 15.4. The molecular weight excluding hydrogens is 405 g/mol.